The van der Waals surface area contributed by atoms with Crippen LogP contribution in [-0.4, -0.2) is 16.1 Å². The molecule has 0 aliphatic heterocycles. The molecule has 3 aromatic heterocycles. The van der Waals surface area contributed by atoms with E-state index in [1.54, 1.807) is 0 Å². The first-order chi connectivity index (χ1) is 39.0. The molecular formula is C73H56N2OS2Si2. The normalized spacial score (nSPS) is 13.5. The second-order valence-corrected chi connectivity index (χ2v) is 36.0. The molecule has 0 unspecified atom stereocenters. The summed E-state index contributed by atoms with van der Waals surface area (Å²) in [6, 6.07) is 86.7. The van der Waals surface area contributed by atoms with Crippen molar-refractivity contribution in [3.8, 4) is 22.3 Å². The number of nitrogens with zero attached hydrogens (tertiary/aromatic N) is 2. The molecule has 3 heterocycles. The van der Waals surface area contributed by atoms with Crippen molar-refractivity contribution in [2.24, 2.45) is 0 Å². The van der Waals surface area contributed by atoms with Crippen LogP contribution in [-0.2, 0) is 5.41 Å². The van der Waals surface area contributed by atoms with Crippen LogP contribution < -0.4 is 20.2 Å². The van der Waals surface area contributed by atoms with Crippen molar-refractivity contribution in [3.63, 3.8) is 0 Å². The molecule has 14 aromatic rings. The lowest BCUT2D eigenvalue weighted by atomic mass is 9.70. The molecule has 2 aliphatic carbocycles. The summed E-state index contributed by atoms with van der Waals surface area (Å²) in [4.78, 5) is 5.05. The summed E-state index contributed by atoms with van der Waals surface area (Å²) in [5.41, 5.74) is 18.0. The standard InChI is InChI=1S/C73H56N2OS2Si2/c1-79(2,3)64-39-21-32-52-50-30-19-37-60(69(50)77-71(52)64)74(45-23-9-7-10-24-45)47-41-42-55-62(43-47)76-63-44-59-66(54-29-15-18-36-58(54)73(59)56-34-16-13-27-48(56)49-28-14-17-35-57(49)73)68(67(55)63)75(46-25-11-8-12-26-46)61-38-20-31-51-53-33-22-40-65(80(4,5)6)72(53)78-70(51)61/h7-44H,1-6H3. The van der Waals surface area contributed by atoms with Crippen LogP contribution in [0.5, 0.6) is 0 Å². The lowest BCUT2D eigenvalue weighted by Crippen LogP contribution is -2.37. The Kier molecular flexibility index (Phi) is 10.3. The van der Waals surface area contributed by atoms with Crippen molar-refractivity contribution in [2.45, 2.75) is 44.7 Å². The average molecular weight is 1100 g/mol. The van der Waals surface area contributed by atoms with Crippen molar-refractivity contribution < 1.29 is 4.42 Å². The summed E-state index contributed by atoms with van der Waals surface area (Å²) < 4.78 is 13.0. The van der Waals surface area contributed by atoms with Crippen molar-refractivity contribution in [2.75, 3.05) is 9.80 Å². The lowest BCUT2D eigenvalue weighted by molar-refractivity contribution is 0.666. The van der Waals surface area contributed by atoms with Gasteiger partial charge in [-0.25, -0.2) is 0 Å². The third kappa shape index (κ3) is 6.69. The summed E-state index contributed by atoms with van der Waals surface area (Å²) in [6.45, 7) is 14.8. The third-order valence-corrected chi connectivity index (χ3v) is 24.3. The SMILES string of the molecule is C[Si](C)(C)c1cccc2c1sc1c(N(c3ccccc3)c3ccc4c(c3)oc3cc5c(c(N(c6ccccc6)c6cccc7c6sc6c([Si](C)(C)C)cccc67)c34)-c3ccccc3C53c4ccccc4-c4ccccc43)cccc12. The van der Waals surface area contributed by atoms with E-state index in [1.165, 1.54) is 95.2 Å². The van der Waals surface area contributed by atoms with Gasteiger partial charge in [0, 0.05) is 65.0 Å². The zero-order valence-corrected chi connectivity index (χ0v) is 49.2. The monoisotopic (exact) mass is 1100 g/mol. The number of benzene rings is 11. The summed E-state index contributed by atoms with van der Waals surface area (Å²) in [6.07, 6.45) is 0. The number of hydrogen-bond acceptors (Lipinski definition) is 5. The van der Waals surface area contributed by atoms with Crippen molar-refractivity contribution in [1.29, 1.82) is 0 Å². The van der Waals surface area contributed by atoms with E-state index in [4.69, 9.17) is 4.42 Å². The maximum absolute atomic E-state index is 7.62. The Bertz CT molecular complexity index is 4840. The van der Waals surface area contributed by atoms with Crippen LogP contribution >= 0.6 is 22.7 Å². The molecule has 2 aliphatic rings. The van der Waals surface area contributed by atoms with Gasteiger partial charge in [-0.15, -0.1) is 22.7 Å². The molecule has 0 saturated carbocycles. The van der Waals surface area contributed by atoms with Gasteiger partial charge < -0.3 is 14.2 Å². The topological polar surface area (TPSA) is 19.6 Å². The Morgan fingerprint density at radius 3 is 1.34 bits per heavy atom. The lowest BCUT2D eigenvalue weighted by Gasteiger charge is -2.32. The van der Waals surface area contributed by atoms with E-state index in [9.17, 15) is 0 Å². The van der Waals surface area contributed by atoms with E-state index in [-0.39, 0.29) is 0 Å². The summed E-state index contributed by atoms with van der Waals surface area (Å²) >= 11 is 3.91. The van der Waals surface area contributed by atoms with Crippen LogP contribution in [0.15, 0.2) is 235 Å². The second kappa shape index (κ2) is 17.3. The highest BCUT2D eigenvalue weighted by atomic mass is 32.1. The second-order valence-electron chi connectivity index (χ2n) is 23.9. The van der Waals surface area contributed by atoms with Crippen LogP contribution in [0.25, 0.3) is 84.5 Å². The Hall–Kier alpha value is -8.31. The van der Waals surface area contributed by atoms with Gasteiger partial charge >= 0.3 is 0 Å². The molecule has 0 amide bonds. The molecule has 0 radical (unpaired) electrons. The summed E-state index contributed by atoms with van der Waals surface area (Å²) in [7, 11) is -3.38. The summed E-state index contributed by atoms with van der Waals surface area (Å²) in [5.74, 6) is 0. The highest BCUT2D eigenvalue weighted by Gasteiger charge is 2.53. The van der Waals surface area contributed by atoms with Gasteiger partial charge in [0.2, 0.25) is 0 Å². The van der Waals surface area contributed by atoms with E-state index < -0.39 is 21.6 Å². The zero-order valence-electron chi connectivity index (χ0n) is 45.6. The van der Waals surface area contributed by atoms with Gasteiger partial charge in [0.15, 0.2) is 0 Å². The highest BCUT2D eigenvalue weighted by molar-refractivity contribution is 7.28. The number of rotatable bonds is 8. The van der Waals surface area contributed by atoms with Crippen LogP contribution in [0.1, 0.15) is 22.3 Å². The largest absolute Gasteiger partial charge is 0.456 e. The molecular weight excluding hydrogens is 1040 g/mol. The van der Waals surface area contributed by atoms with Crippen molar-refractivity contribution in [3.05, 3.63) is 253 Å². The molecule has 0 atom stereocenters. The van der Waals surface area contributed by atoms with E-state index >= 15 is 0 Å². The zero-order chi connectivity index (χ0) is 53.8. The number of thiophene rings is 2. The Balaban J connectivity index is 1.03. The fraction of sp³-hybridized carbons (Fsp3) is 0.0959. The molecule has 0 fully saturated rings. The first kappa shape index (κ1) is 47.7. The highest BCUT2D eigenvalue weighted by Crippen LogP contribution is 2.66. The summed E-state index contributed by atoms with van der Waals surface area (Å²) in [5, 5.41) is 10.4. The molecule has 0 bridgehead atoms. The maximum atomic E-state index is 7.62. The van der Waals surface area contributed by atoms with Gasteiger partial charge in [-0.3, -0.25) is 0 Å². The third-order valence-electron chi connectivity index (χ3n) is 17.3. The molecule has 3 nitrogen and oxygen atoms in total. The fourth-order valence-electron chi connectivity index (χ4n) is 13.9. The first-order valence-electron chi connectivity index (χ1n) is 27.9. The van der Waals surface area contributed by atoms with Crippen LogP contribution in [0.2, 0.25) is 39.3 Å². The molecule has 0 N–H and O–H groups in total. The van der Waals surface area contributed by atoms with Gasteiger partial charge in [0.25, 0.3) is 0 Å². The predicted octanol–water partition coefficient (Wildman–Crippen LogP) is 20.7. The van der Waals surface area contributed by atoms with Crippen LogP contribution in [0.3, 0.4) is 0 Å². The van der Waals surface area contributed by atoms with Crippen molar-refractivity contribution in [1.82, 2.24) is 0 Å². The molecule has 16 rings (SSSR count). The molecule has 7 heteroatoms. The van der Waals surface area contributed by atoms with Gasteiger partial charge in [-0.05, 0) is 104 Å². The average Bonchev–Trinajstić information content (AvgIpc) is 3.24. The first-order valence-corrected chi connectivity index (χ1v) is 36.5. The van der Waals surface area contributed by atoms with Gasteiger partial charge in [-0.1, -0.05) is 209 Å². The van der Waals surface area contributed by atoms with Gasteiger partial charge in [0.05, 0.1) is 53.4 Å². The number of anilines is 6. The Labute approximate surface area is 476 Å². The number of hydrogen-bond donors (Lipinski definition) is 0. The maximum Gasteiger partial charge on any atom is 0.137 e. The molecule has 0 saturated heterocycles. The fourth-order valence-corrected chi connectivity index (χ4v) is 21.4. The minimum Gasteiger partial charge on any atom is -0.456 e. The van der Waals surface area contributed by atoms with Gasteiger partial charge in [0.1, 0.15) is 11.2 Å². The number of furan rings is 1. The van der Waals surface area contributed by atoms with Crippen molar-refractivity contribution >= 4 is 146 Å². The van der Waals surface area contributed by atoms with Gasteiger partial charge in [-0.2, -0.15) is 0 Å². The van der Waals surface area contributed by atoms with Crippen LogP contribution in [0.4, 0.5) is 34.1 Å². The smallest absolute Gasteiger partial charge is 0.137 e. The van der Waals surface area contributed by atoms with E-state index in [1.807, 2.05) is 22.7 Å². The van der Waals surface area contributed by atoms with E-state index in [0.717, 1.165) is 56.1 Å². The molecule has 80 heavy (non-hydrogen) atoms. The van der Waals surface area contributed by atoms with E-state index in [0.29, 0.717) is 0 Å². The number of fused-ring (bicyclic) bond motifs is 19. The molecule has 384 valence electrons. The predicted molar refractivity (Wildman–Crippen MR) is 351 cm³/mol. The quantitative estimate of drug-likeness (QED) is 0.141. The molecule has 1 spiro atoms. The number of para-hydroxylation sites is 2. The van der Waals surface area contributed by atoms with E-state index in [2.05, 4.69) is 280 Å². The Morgan fingerprint density at radius 2 is 0.800 bits per heavy atom. The Morgan fingerprint density at radius 1 is 0.350 bits per heavy atom. The minimum atomic E-state index is -1.73. The minimum absolute atomic E-state index is 0.604. The van der Waals surface area contributed by atoms with Crippen LogP contribution in [0, 0.1) is 0 Å². The molecule has 11 aromatic carbocycles.